The molecule has 0 unspecified atom stereocenters. The zero-order valence-electron chi connectivity index (χ0n) is 23.3. The number of hydrogen-bond donors (Lipinski definition) is 1. The standard InChI is InChI=1S/C29H42N2O5/c1-18(2)15-24(31-26(33)35-27(5,6)7)29(25(32)34-28(8,9)36-29)16-23-20(4)22(19(3)17-30-23)12-10-11-21-13-14-21/h17-18,21,24H,11,13-16H2,1-9H3,(H,31,33)/t24-,29+/m0/s1. The zero-order chi connectivity index (χ0) is 26.9. The van der Waals surface area contributed by atoms with Crippen LogP contribution in [0.15, 0.2) is 6.20 Å². The first-order chi connectivity index (χ1) is 16.6. The monoisotopic (exact) mass is 498 g/mol. The summed E-state index contributed by atoms with van der Waals surface area (Å²) in [5.41, 5.74) is 1.40. The van der Waals surface area contributed by atoms with Gasteiger partial charge in [-0.2, -0.15) is 0 Å². The molecule has 1 N–H and O–H groups in total. The van der Waals surface area contributed by atoms with Gasteiger partial charge in [0.1, 0.15) is 5.60 Å². The van der Waals surface area contributed by atoms with Gasteiger partial charge in [-0.05, 0) is 76.8 Å². The van der Waals surface area contributed by atoms with Crippen LogP contribution in [0.1, 0.15) is 96.5 Å². The van der Waals surface area contributed by atoms with E-state index in [9.17, 15) is 9.59 Å². The van der Waals surface area contributed by atoms with Crippen molar-refractivity contribution in [3.8, 4) is 11.8 Å². The Balaban J connectivity index is 2.01. The van der Waals surface area contributed by atoms with E-state index in [0.717, 1.165) is 29.0 Å². The second kappa shape index (κ2) is 10.4. The molecular weight excluding hydrogens is 456 g/mol. The first-order valence-corrected chi connectivity index (χ1v) is 13.0. The topological polar surface area (TPSA) is 86.8 Å². The minimum absolute atomic E-state index is 0.145. The van der Waals surface area contributed by atoms with Crippen molar-refractivity contribution >= 4 is 12.1 Å². The average molecular weight is 499 g/mol. The summed E-state index contributed by atoms with van der Waals surface area (Å²) in [7, 11) is 0. The zero-order valence-corrected chi connectivity index (χ0v) is 23.3. The summed E-state index contributed by atoms with van der Waals surface area (Å²) in [5, 5.41) is 2.93. The van der Waals surface area contributed by atoms with E-state index in [-0.39, 0.29) is 12.3 Å². The number of aryl methyl sites for hydroxylation is 1. The molecule has 7 nitrogen and oxygen atoms in total. The Morgan fingerprint density at radius 2 is 1.94 bits per heavy atom. The van der Waals surface area contributed by atoms with Gasteiger partial charge in [0.15, 0.2) is 5.60 Å². The number of nitrogens with one attached hydrogen (secondary N) is 1. The van der Waals surface area contributed by atoms with Gasteiger partial charge in [-0.25, -0.2) is 9.59 Å². The van der Waals surface area contributed by atoms with Crippen LogP contribution in [0.4, 0.5) is 4.79 Å². The van der Waals surface area contributed by atoms with E-state index in [0.29, 0.717) is 12.1 Å². The smallest absolute Gasteiger partial charge is 0.407 e. The van der Waals surface area contributed by atoms with Gasteiger partial charge in [0.05, 0.1) is 6.04 Å². The molecule has 1 aliphatic carbocycles. The molecular formula is C29H42N2O5. The molecule has 0 bridgehead atoms. The van der Waals surface area contributed by atoms with E-state index >= 15 is 0 Å². The molecule has 1 aromatic heterocycles. The first kappa shape index (κ1) is 28.0. The van der Waals surface area contributed by atoms with E-state index in [1.165, 1.54) is 12.8 Å². The molecule has 2 aliphatic rings. The summed E-state index contributed by atoms with van der Waals surface area (Å²) >= 11 is 0. The molecule has 3 rings (SSSR count). The highest BCUT2D eigenvalue weighted by Crippen LogP contribution is 2.40. The molecule has 198 valence electrons. The van der Waals surface area contributed by atoms with Crippen LogP contribution < -0.4 is 5.32 Å². The third-order valence-electron chi connectivity index (χ3n) is 6.42. The lowest BCUT2D eigenvalue weighted by Gasteiger charge is -2.36. The minimum atomic E-state index is -1.46. The van der Waals surface area contributed by atoms with Crippen LogP contribution in [0.5, 0.6) is 0 Å². The van der Waals surface area contributed by atoms with E-state index in [1.807, 2.05) is 27.7 Å². The Kier molecular flexibility index (Phi) is 8.10. The number of amides is 1. The van der Waals surface area contributed by atoms with Crippen LogP contribution in [0.25, 0.3) is 0 Å². The summed E-state index contributed by atoms with van der Waals surface area (Å²) in [6.45, 7) is 16.9. The lowest BCUT2D eigenvalue weighted by Crippen LogP contribution is -2.59. The highest BCUT2D eigenvalue weighted by molar-refractivity contribution is 5.84. The molecule has 1 aromatic rings. The van der Waals surface area contributed by atoms with Gasteiger partial charge in [-0.1, -0.05) is 25.7 Å². The first-order valence-electron chi connectivity index (χ1n) is 13.0. The molecule has 0 spiro atoms. The van der Waals surface area contributed by atoms with Crippen molar-refractivity contribution in [1.82, 2.24) is 10.3 Å². The number of hydrogen-bond acceptors (Lipinski definition) is 6. The molecule has 1 aliphatic heterocycles. The van der Waals surface area contributed by atoms with Crippen molar-refractivity contribution in [2.24, 2.45) is 11.8 Å². The van der Waals surface area contributed by atoms with Crippen LogP contribution in [-0.4, -0.2) is 40.1 Å². The van der Waals surface area contributed by atoms with Gasteiger partial charge >= 0.3 is 12.1 Å². The maximum Gasteiger partial charge on any atom is 0.407 e. The van der Waals surface area contributed by atoms with E-state index in [1.54, 1.807) is 40.8 Å². The summed E-state index contributed by atoms with van der Waals surface area (Å²) in [4.78, 5) is 31.1. The number of cyclic esters (lactones) is 1. The van der Waals surface area contributed by atoms with E-state index in [4.69, 9.17) is 14.2 Å². The third-order valence-corrected chi connectivity index (χ3v) is 6.42. The van der Waals surface area contributed by atoms with E-state index in [2.05, 4.69) is 22.1 Å². The second-order valence-electron chi connectivity index (χ2n) is 12.1. The number of aromatic nitrogens is 1. The highest BCUT2D eigenvalue weighted by Gasteiger charge is 2.59. The van der Waals surface area contributed by atoms with Crippen molar-refractivity contribution in [3.63, 3.8) is 0 Å². The van der Waals surface area contributed by atoms with Crippen molar-refractivity contribution in [2.45, 2.75) is 117 Å². The Bertz CT molecular complexity index is 1060. The molecule has 2 heterocycles. The molecule has 7 heteroatoms. The summed E-state index contributed by atoms with van der Waals surface area (Å²) in [6.07, 6.45) is 5.24. The van der Waals surface area contributed by atoms with Gasteiger partial charge in [0.25, 0.3) is 0 Å². The van der Waals surface area contributed by atoms with Gasteiger partial charge in [0.2, 0.25) is 5.79 Å². The predicted octanol–water partition coefficient (Wildman–Crippen LogP) is 5.38. The largest absolute Gasteiger partial charge is 0.444 e. The summed E-state index contributed by atoms with van der Waals surface area (Å²) in [5.74, 6) is 5.89. The molecule has 1 amide bonds. The average Bonchev–Trinajstić information content (AvgIpc) is 3.49. The normalized spacial score (nSPS) is 22.0. The number of alkyl carbamates (subject to hydrolysis) is 1. The third kappa shape index (κ3) is 7.00. The SMILES string of the molecule is Cc1cnc(C[C@]2([C@H](CC(C)C)NC(=O)OC(C)(C)C)OC(C)(C)OC2=O)c(C)c1C#CCC1CC1. The van der Waals surface area contributed by atoms with Crippen LogP contribution in [0.2, 0.25) is 0 Å². The Morgan fingerprint density at radius 1 is 1.28 bits per heavy atom. The fraction of sp³-hybridized carbons (Fsp3) is 0.690. The number of rotatable bonds is 7. The van der Waals surface area contributed by atoms with Crippen LogP contribution in [0.3, 0.4) is 0 Å². The maximum absolute atomic E-state index is 13.5. The Hall–Kier alpha value is -2.59. The second-order valence-corrected chi connectivity index (χ2v) is 12.1. The minimum Gasteiger partial charge on any atom is -0.444 e. The van der Waals surface area contributed by atoms with Crippen molar-refractivity contribution in [2.75, 3.05) is 0 Å². The van der Waals surface area contributed by atoms with Crippen molar-refractivity contribution in [1.29, 1.82) is 0 Å². The lowest BCUT2D eigenvalue weighted by atomic mass is 9.82. The Labute approximate surface area is 216 Å². The van der Waals surface area contributed by atoms with Gasteiger partial charge in [0, 0.05) is 44.1 Å². The number of nitrogens with zero attached hydrogens (tertiary/aromatic N) is 1. The molecule has 2 atom stereocenters. The fourth-order valence-corrected chi connectivity index (χ4v) is 4.54. The Morgan fingerprint density at radius 3 is 2.47 bits per heavy atom. The van der Waals surface area contributed by atoms with Crippen molar-refractivity contribution < 1.29 is 23.8 Å². The molecule has 1 saturated heterocycles. The van der Waals surface area contributed by atoms with Gasteiger partial charge < -0.3 is 19.5 Å². The molecule has 0 aromatic carbocycles. The predicted molar refractivity (Wildman–Crippen MR) is 138 cm³/mol. The van der Waals surface area contributed by atoms with Crippen LogP contribution >= 0.6 is 0 Å². The van der Waals surface area contributed by atoms with Crippen LogP contribution in [-0.2, 0) is 25.4 Å². The number of esters is 1. The fourth-order valence-electron chi connectivity index (χ4n) is 4.54. The molecule has 2 fully saturated rings. The van der Waals surface area contributed by atoms with Crippen LogP contribution in [0, 0.1) is 37.5 Å². The lowest BCUT2D eigenvalue weighted by molar-refractivity contribution is -0.170. The van der Waals surface area contributed by atoms with E-state index < -0.39 is 35.1 Å². The van der Waals surface area contributed by atoms with Crippen molar-refractivity contribution in [3.05, 3.63) is 28.6 Å². The molecule has 36 heavy (non-hydrogen) atoms. The summed E-state index contributed by atoms with van der Waals surface area (Å²) in [6, 6.07) is -0.687. The molecule has 1 saturated carbocycles. The number of pyridine rings is 1. The summed E-state index contributed by atoms with van der Waals surface area (Å²) < 4.78 is 17.6. The quantitative estimate of drug-likeness (QED) is 0.401. The highest BCUT2D eigenvalue weighted by atomic mass is 16.8. The molecule has 0 radical (unpaired) electrons. The van der Waals surface area contributed by atoms with Gasteiger partial charge in [-0.15, -0.1) is 0 Å². The maximum atomic E-state index is 13.5. The number of carbonyl (C=O) groups is 2. The number of ether oxygens (including phenoxy) is 3. The van der Waals surface area contributed by atoms with Gasteiger partial charge in [-0.3, -0.25) is 4.98 Å². The number of carbonyl (C=O) groups excluding carboxylic acids is 2.